The van der Waals surface area contributed by atoms with Crippen molar-refractivity contribution in [2.45, 2.75) is 12.5 Å². The maximum absolute atomic E-state index is 13.2. The maximum atomic E-state index is 13.2. The number of benzene rings is 2. The SMILES string of the molecule is NC(=S)Nc1ccc(C2C=CCCN2)cc1C(=O)c1cc2ccccc2o1. The van der Waals surface area contributed by atoms with Gasteiger partial charge in [0.15, 0.2) is 10.9 Å². The third-order valence-electron chi connectivity index (χ3n) is 4.56. The van der Waals surface area contributed by atoms with Crippen molar-refractivity contribution in [3.8, 4) is 0 Å². The minimum absolute atomic E-state index is 0.0693. The molecule has 27 heavy (non-hydrogen) atoms. The van der Waals surface area contributed by atoms with Crippen molar-refractivity contribution in [2.75, 3.05) is 11.9 Å². The molecule has 6 heteroatoms. The summed E-state index contributed by atoms with van der Waals surface area (Å²) < 4.78 is 5.76. The van der Waals surface area contributed by atoms with Crippen LogP contribution in [0, 0.1) is 0 Å². The molecule has 0 fully saturated rings. The summed E-state index contributed by atoms with van der Waals surface area (Å²) in [5.74, 6) is 0.0677. The molecular weight excluding hydrogens is 358 g/mol. The van der Waals surface area contributed by atoms with Gasteiger partial charge in [-0.2, -0.15) is 0 Å². The summed E-state index contributed by atoms with van der Waals surface area (Å²) in [4.78, 5) is 13.2. The second-order valence-electron chi connectivity index (χ2n) is 6.42. The standard InChI is InChI=1S/C21H19N3O2S/c22-21(27)24-17-9-8-13(16-6-3-4-10-23-16)11-15(17)20(25)19-12-14-5-1-2-7-18(14)26-19/h1-3,5-9,11-12,16,23H,4,10H2,(H3,22,24,27). The number of ketones is 1. The largest absolute Gasteiger partial charge is 0.453 e. The minimum atomic E-state index is -0.216. The molecule has 0 bridgehead atoms. The number of carbonyl (C=O) groups is 1. The zero-order valence-corrected chi connectivity index (χ0v) is 15.4. The summed E-state index contributed by atoms with van der Waals surface area (Å²) in [7, 11) is 0. The molecule has 0 amide bonds. The van der Waals surface area contributed by atoms with Crippen LogP contribution in [0.4, 0.5) is 5.69 Å². The van der Waals surface area contributed by atoms with Crippen molar-refractivity contribution in [1.82, 2.24) is 5.32 Å². The highest BCUT2D eigenvalue weighted by Gasteiger charge is 2.21. The summed E-state index contributed by atoms with van der Waals surface area (Å²) >= 11 is 4.96. The van der Waals surface area contributed by atoms with Crippen molar-refractivity contribution in [3.05, 3.63) is 77.6 Å². The summed E-state index contributed by atoms with van der Waals surface area (Å²) in [6.07, 6.45) is 5.25. The topological polar surface area (TPSA) is 80.3 Å². The molecule has 1 aliphatic heterocycles. The van der Waals surface area contributed by atoms with Crippen LogP contribution >= 0.6 is 12.2 Å². The van der Waals surface area contributed by atoms with Crippen LogP contribution < -0.4 is 16.4 Å². The number of carbonyl (C=O) groups excluding carboxylic acids is 1. The van der Waals surface area contributed by atoms with Crippen LogP contribution in [-0.2, 0) is 0 Å². The van der Waals surface area contributed by atoms with Gasteiger partial charge in [-0.1, -0.05) is 36.4 Å². The van der Waals surface area contributed by atoms with Crippen LogP contribution in [0.5, 0.6) is 0 Å². The van der Waals surface area contributed by atoms with Crippen LogP contribution in [0.15, 0.2) is 65.1 Å². The van der Waals surface area contributed by atoms with E-state index in [1.165, 1.54) is 0 Å². The second kappa shape index (κ2) is 7.34. The molecule has 1 unspecified atom stereocenters. The first-order chi connectivity index (χ1) is 13.1. The molecule has 0 saturated carbocycles. The third kappa shape index (κ3) is 3.63. The van der Waals surface area contributed by atoms with Gasteiger partial charge in [0, 0.05) is 10.9 Å². The number of nitrogens with one attached hydrogen (secondary N) is 2. The highest BCUT2D eigenvalue weighted by Crippen LogP contribution is 2.28. The summed E-state index contributed by atoms with van der Waals surface area (Å²) in [5.41, 5.74) is 8.35. The predicted octanol–water partition coefficient (Wildman–Crippen LogP) is 3.91. The molecule has 4 N–H and O–H groups in total. The van der Waals surface area contributed by atoms with Gasteiger partial charge in [0.25, 0.3) is 0 Å². The first-order valence-electron chi connectivity index (χ1n) is 8.75. The molecule has 0 radical (unpaired) electrons. The molecule has 4 rings (SSSR count). The number of thiocarbonyl (C=S) groups is 1. The smallest absolute Gasteiger partial charge is 0.230 e. The Hall–Kier alpha value is -2.96. The molecule has 136 valence electrons. The van der Waals surface area contributed by atoms with Crippen molar-refractivity contribution in [2.24, 2.45) is 5.73 Å². The second-order valence-corrected chi connectivity index (χ2v) is 6.86. The average molecular weight is 377 g/mol. The van der Waals surface area contributed by atoms with Gasteiger partial charge in [0.05, 0.1) is 11.7 Å². The number of hydrogen-bond acceptors (Lipinski definition) is 4. The Morgan fingerprint density at radius 2 is 2.07 bits per heavy atom. The van der Waals surface area contributed by atoms with E-state index in [1.807, 2.05) is 42.5 Å². The fourth-order valence-electron chi connectivity index (χ4n) is 3.26. The first kappa shape index (κ1) is 17.5. The number of furan rings is 1. The Kier molecular flexibility index (Phi) is 4.75. The van der Waals surface area contributed by atoms with E-state index in [-0.39, 0.29) is 22.7 Å². The van der Waals surface area contributed by atoms with Gasteiger partial charge in [0.1, 0.15) is 5.58 Å². The van der Waals surface area contributed by atoms with E-state index in [4.69, 9.17) is 22.4 Å². The number of nitrogens with two attached hydrogens (primary N) is 1. The van der Waals surface area contributed by atoms with Crippen LogP contribution in [0.1, 0.15) is 34.1 Å². The van der Waals surface area contributed by atoms with E-state index < -0.39 is 0 Å². The van der Waals surface area contributed by atoms with Gasteiger partial charge in [0.2, 0.25) is 5.78 Å². The van der Waals surface area contributed by atoms with E-state index in [0.29, 0.717) is 16.8 Å². The van der Waals surface area contributed by atoms with Gasteiger partial charge < -0.3 is 20.8 Å². The fraction of sp³-hybridized carbons (Fsp3) is 0.143. The first-order valence-corrected chi connectivity index (χ1v) is 9.16. The van der Waals surface area contributed by atoms with Gasteiger partial charge in [-0.15, -0.1) is 0 Å². The molecule has 1 aliphatic rings. The van der Waals surface area contributed by atoms with Crippen LogP contribution in [0.3, 0.4) is 0 Å². The molecule has 3 aromatic rings. The average Bonchev–Trinajstić information content (AvgIpc) is 3.12. The number of para-hydroxylation sites is 1. The third-order valence-corrected chi connectivity index (χ3v) is 4.66. The van der Waals surface area contributed by atoms with E-state index in [0.717, 1.165) is 23.9 Å². The highest BCUT2D eigenvalue weighted by atomic mass is 32.1. The van der Waals surface area contributed by atoms with Gasteiger partial charge >= 0.3 is 0 Å². The number of rotatable bonds is 4. The summed E-state index contributed by atoms with van der Waals surface area (Å²) in [6.45, 7) is 0.904. The van der Waals surface area contributed by atoms with Crippen LogP contribution in [-0.4, -0.2) is 17.4 Å². The lowest BCUT2D eigenvalue weighted by atomic mass is 9.97. The fourth-order valence-corrected chi connectivity index (χ4v) is 3.37. The van der Waals surface area contributed by atoms with Gasteiger partial charge in [-0.3, -0.25) is 4.79 Å². The van der Waals surface area contributed by atoms with E-state index >= 15 is 0 Å². The molecule has 0 aliphatic carbocycles. The highest BCUT2D eigenvalue weighted by molar-refractivity contribution is 7.80. The van der Waals surface area contributed by atoms with E-state index in [1.54, 1.807) is 6.07 Å². The van der Waals surface area contributed by atoms with Crippen LogP contribution in [0.25, 0.3) is 11.0 Å². The molecule has 2 heterocycles. The van der Waals surface area contributed by atoms with E-state index in [9.17, 15) is 4.79 Å². The predicted molar refractivity (Wildman–Crippen MR) is 111 cm³/mol. The minimum Gasteiger partial charge on any atom is -0.453 e. The molecule has 1 atom stereocenters. The monoisotopic (exact) mass is 377 g/mol. The Balaban J connectivity index is 1.77. The van der Waals surface area contributed by atoms with Crippen molar-refractivity contribution < 1.29 is 9.21 Å². The van der Waals surface area contributed by atoms with Crippen molar-refractivity contribution >= 4 is 39.8 Å². The maximum Gasteiger partial charge on any atom is 0.230 e. The number of anilines is 1. The lowest BCUT2D eigenvalue weighted by Gasteiger charge is -2.20. The quantitative estimate of drug-likeness (QED) is 0.363. The Bertz CT molecular complexity index is 1020. The lowest BCUT2D eigenvalue weighted by molar-refractivity contribution is 0.101. The molecule has 2 aromatic carbocycles. The van der Waals surface area contributed by atoms with Gasteiger partial charge in [-0.25, -0.2) is 0 Å². The summed E-state index contributed by atoms with van der Waals surface area (Å²) in [5, 5.41) is 7.32. The van der Waals surface area contributed by atoms with Gasteiger partial charge in [-0.05, 0) is 55.0 Å². The van der Waals surface area contributed by atoms with Crippen molar-refractivity contribution in [1.29, 1.82) is 0 Å². The molecular formula is C21H19N3O2S. The van der Waals surface area contributed by atoms with Crippen LogP contribution in [0.2, 0.25) is 0 Å². The van der Waals surface area contributed by atoms with E-state index in [2.05, 4.69) is 22.8 Å². The zero-order valence-electron chi connectivity index (χ0n) is 14.6. The van der Waals surface area contributed by atoms with Crippen molar-refractivity contribution in [3.63, 3.8) is 0 Å². The Morgan fingerprint density at radius 1 is 1.22 bits per heavy atom. The molecule has 1 aromatic heterocycles. The lowest BCUT2D eigenvalue weighted by Crippen LogP contribution is -2.24. The normalized spacial score (nSPS) is 16.4. The Labute approximate surface area is 162 Å². The number of hydrogen-bond donors (Lipinski definition) is 3. The Morgan fingerprint density at radius 3 is 2.81 bits per heavy atom. The number of fused-ring (bicyclic) bond motifs is 1. The summed E-state index contributed by atoms with van der Waals surface area (Å²) in [6, 6.07) is 15.0. The molecule has 0 saturated heterocycles. The molecule has 5 nitrogen and oxygen atoms in total. The zero-order chi connectivity index (χ0) is 18.8. The molecule has 0 spiro atoms.